The first-order valence-electron chi connectivity index (χ1n) is 11.1. The van der Waals surface area contributed by atoms with E-state index in [4.69, 9.17) is 10.8 Å². The van der Waals surface area contributed by atoms with Crippen molar-refractivity contribution in [3.05, 3.63) is 44.4 Å². The number of pyridine rings is 2. The third-order valence-electron chi connectivity index (χ3n) is 7.14. The first-order valence-corrected chi connectivity index (χ1v) is 11.9. The molecule has 0 bridgehead atoms. The fraction of sp³-hybridized carbons (Fsp3) is 0.478. The van der Waals surface area contributed by atoms with Crippen molar-refractivity contribution in [3.63, 3.8) is 0 Å². The highest BCUT2D eigenvalue weighted by molar-refractivity contribution is 9.10. The van der Waals surface area contributed by atoms with Crippen LogP contribution in [0, 0.1) is 0 Å². The van der Waals surface area contributed by atoms with E-state index in [1.54, 1.807) is 6.07 Å². The van der Waals surface area contributed by atoms with Crippen LogP contribution < -0.4 is 11.2 Å². The van der Waals surface area contributed by atoms with E-state index in [1.165, 1.54) is 12.3 Å². The maximum atomic E-state index is 13.9. The van der Waals surface area contributed by atoms with Gasteiger partial charge in [-0.05, 0) is 47.7 Å². The van der Waals surface area contributed by atoms with E-state index < -0.39 is 17.3 Å². The Balaban J connectivity index is 1.69. The van der Waals surface area contributed by atoms with Gasteiger partial charge in [0.15, 0.2) is 5.43 Å². The predicted octanol–water partition coefficient (Wildman–Crippen LogP) is 4.84. The number of carbonyl (C=O) groups is 1. The molecule has 3 aromatic rings. The van der Waals surface area contributed by atoms with Crippen LogP contribution in [0.2, 0.25) is 0 Å². The van der Waals surface area contributed by atoms with Crippen LogP contribution in [0.25, 0.3) is 22.3 Å². The summed E-state index contributed by atoms with van der Waals surface area (Å²) in [4.78, 5) is 32.0. The lowest BCUT2D eigenvalue weighted by Gasteiger charge is -2.37. The molecule has 174 valence electrons. The molecule has 3 N–H and O–H groups in total. The Morgan fingerprint density at radius 1 is 1.27 bits per heavy atom. The summed E-state index contributed by atoms with van der Waals surface area (Å²) in [5, 5.41) is 5.05. The maximum Gasteiger partial charge on any atom is 0.268 e. The van der Waals surface area contributed by atoms with Gasteiger partial charge in [0, 0.05) is 30.5 Å². The number of hydrogen-bond donors (Lipinski definition) is 2. The number of fused-ring (bicyclic) bond motifs is 1. The van der Waals surface area contributed by atoms with Gasteiger partial charge >= 0.3 is 0 Å². The second-order valence-electron chi connectivity index (χ2n) is 9.45. The number of amides is 1. The van der Waals surface area contributed by atoms with Gasteiger partial charge in [-0.1, -0.05) is 13.3 Å². The van der Waals surface area contributed by atoms with Crippen LogP contribution in [-0.4, -0.2) is 31.6 Å². The number of nitrogens with two attached hydrogens (primary N) is 1. The first-order chi connectivity index (χ1) is 15.6. The zero-order valence-electron chi connectivity index (χ0n) is 18.1. The third-order valence-corrected chi connectivity index (χ3v) is 7.90. The van der Waals surface area contributed by atoms with Crippen LogP contribution >= 0.6 is 15.9 Å². The lowest BCUT2D eigenvalue weighted by atomic mass is 9.68. The average molecular weight is 520 g/mol. The minimum absolute atomic E-state index is 0.0925. The molecule has 3 aromatic heterocycles. The number of halogens is 3. The number of aromatic nitrogens is 4. The van der Waals surface area contributed by atoms with Crippen molar-refractivity contribution in [3.8, 4) is 11.4 Å². The third kappa shape index (κ3) is 3.68. The van der Waals surface area contributed by atoms with Gasteiger partial charge in [0.25, 0.3) is 5.91 Å². The van der Waals surface area contributed by atoms with Crippen molar-refractivity contribution < 1.29 is 13.6 Å². The Morgan fingerprint density at radius 3 is 2.58 bits per heavy atom. The monoisotopic (exact) mass is 519 g/mol. The van der Waals surface area contributed by atoms with E-state index in [9.17, 15) is 18.4 Å². The van der Waals surface area contributed by atoms with Gasteiger partial charge in [0.05, 0.1) is 38.5 Å². The molecular formula is C23H24BrF2N5O2. The van der Waals surface area contributed by atoms with Crippen molar-refractivity contribution in [2.45, 2.75) is 69.2 Å². The number of alkyl halides is 2. The van der Waals surface area contributed by atoms with Gasteiger partial charge in [0.1, 0.15) is 5.69 Å². The summed E-state index contributed by atoms with van der Waals surface area (Å²) in [5.74, 6) is -3.44. The van der Waals surface area contributed by atoms with Crippen LogP contribution in [0.15, 0.2) is 27.6 Å². The summed E-state index contributed by atoms with van der Waals surface area (Å²) in [6, 6.07) is 2.81. The number of H-pyrrole nitrogens is 1. The topological polar surface area (TPSA) is 107 Å². The number of carbonyl (C=O) groups excluding carboxylic acids is 1. The zero-order valence-corrected chi connectivity index (χ0v) is 19.7. The molecule has 0 spiro atoms. The second-order valence-corrected chi connectivity index (χ2v) is 10.2. The smallest absolute Gasteiger partial charge is 0.268 e. The number of rotatable bonds is 4. The molecule has 2 aliphatic carbocycles. The summed E-state index contributed by atoms with van der Waals surface area (Å²) in [7, 11) is 0. The van der Waals surface area contributed by atoms with Crippen LogP contribution in [0.4, 0.5) is 8.78 Å². The van der Waals surface area contributed by atoms with Gasteiger partial charge in [0.2, 0.25) is 5.92 Å². The number of hydrogen-bond acceptors (Lipinski definition) is 4. The Labute approximate surface area is 196 Å². The highest BCUT2D eigenvalue weighted by Crippen LogP contribution is 2.49. The number of aromatic amines is 1. The summed E-state index contributed by atoms with van der Waals surface area (Å²) < 4.78 is 30.3. The van der Waals surface area contributed by atoms with E-state index in [0.717, 1.165) is 29.4 Å². The van der Waals surface area contributed by atoms with E-state index in [0.29, 0.717) is 29.7 Å². The molecule has 2 fully saturated rings. The van der Waals surface area contributed by atoms with E-state index in [1.807, 2.05) is 4.68 Å². The first kappa shape index (κ1) is 22.2. The number of nitrogens with zero attached hydrogens (tertiary/aromatic N) is 3. The Bertz CT molecular complexity index is 1320. The van der Waals surface area contributed by atoms with E-state index in [-0.39, 0.29) is 35.4 Å². The van der Waals surface area contributed by atoms with Crippen LogP contribution in [0.5, 0.6) is 0 Å². The standard InChI is InChI=1S/C23H24BrF2N5O2/c1-22(6-2-7-22)20-17(24)19(31(30-20)12-3-8-23(25,26)9-4-12)14-11-15(32)16-13(29-14)5-10-28-18(16)21(27)33/h5,10-12H,2-4,6-9H2,1H3,(H2,27,33)(H,29,32). The molecule has 33 heavy (non-hydrogen) atoms. The van der Waals surface area contributed by atoms with Crippen molar-refractivity contribution in [2.24, 2.45) is 5.73 Å². The summed E-state index contributed by atoms with van der Waals surface area (Å²) >= 11 is 3.72. The molecule has 10 heteroatoms. The lowest BCUT2D eigenvalue weighted by molar-refractivity contribution is -0.0449. The molecule has 0 atom stereocenters. The van der Waals surface area contributed by atoms with Gasteiger partial charge in [-0.2, -0.15) is 5.10 Å². The number of nitrogens with one attached hydrogen (secondary N) is 1. The van der Waals surface area contributed by atoms with Crippen molar-refractivity contribution >= 4 is 32.7 Å². The minimum Gasteiger partial charge on any atom is -0.364 e. The Kier molecular flexibility index (Phi) is 5.19. The van der Waals surface area contributed by atoms with Crippen molar-refractivity contribution in [2.75, 3.05) is 0 Å². The molecular weight excluding hydrogens is 496 g/mol. The second kappa shape index (κ2) is 7.72. The van der Waals surface area contributed by atoms with Gasteiger partial charge in [-0.15, -0.1) is 0 Å². The lowest BCUT2D eigenvalue weighted by Crippen LogP contribution is -2.32. The highest BCUT2D eigenvalue weighted by Gasteiger charge is 2.42. The van der Waals surface area contributed by atoms with Crippen molar-refractivity contribution in [1.82, 2.24) is 19.7 Å². The molecule has 3 heterocycles. The molecule has 0 aromatic carbocycles. The molecule has 2 saturated carbocycles. The van der Waals surface area contributed by atoms with Gasteiger partial charge < -0.3 is 10.7 Å². The SMILES string of the molecule is CC1(c2nn(C3CCC(F)(F)CC3)c(-c3cc(=O)c4c(C(N)=O)nccc4[nH]3)c2Br)CCC1. The molecule has 0 aliphatic heterocycles. The predicted molar refractivity (Wildman–Crippen MR) is 123 cm³/mol. The fourth-order valence-corrected chi connectivity index (χ4v) is 5.99. The summed E-state index contributed by atoms with van der Waals surface area (Å²) in [5.41, 5.74) is 7.28. The van der Waals surface area contributed by atoms with Gasteiger partial charge in [-0.25, -0.2) is 8.78 Å². The fourth-order valence-electron chi connectivity index (χ4n) is 5.03. The molecule has 1 amide bonds. The highest BCUT2D eigenvalue weighted by atomic mass is 79.9. The zero-order chi connectivity index (χ0) is 23.5. The minimum atomic E-state index is -2.65. The molecule has 0 radical (unpaired) electrons. The normalized spacial score (nSPS) is 20.0. The average Bonchev–Trinajstić information content (AvgIpc) is 3.08. The van der Waals surface area contributed by atoms with E-state index in [2.05, 4.69) is 32.8 Å². The maximum absolute atomic E-state index is 13.9. The van der Waals surface area contributed by atoms with Crippen LogP contribution in [0.3, 0.4) is 0 Å². The number of primary amides is 1. The van der Waals surface area contributed by atoms with Gasteiger partial charge in [-0.3, -0.25) is 19.3 Å². The largest absolute Gasteiger partial charge is 0.364 e. The van der Waals surface area contributed by atoms with Crippen LogP contribution in [0.1, 0.15) is 74.1 Å². The van der Waals surface area contributed by atoms with Crippen LogP contribution in [-0.2, 0) is 5.41 Å². The molecule has 7 nitrogen and oxygen atoms in total. The summed E-state index contributed by atoms with van der Waals surface area (Å²) in [6.07, 6.45) is 4.73. The van der Waals surface area contributed by atoms with Crippen molar-refractivity contribution in [1.29, 1.82) is 0 Å². The Morgan fingerprint density at radius 2 is 1.97 bits per heavy atom. The molecule has 2 aliphatic rings. The summed E-state index contributed by atoms with van der Waals surface area (Å²) in [6.45, 7) is 2.15. The Hall–Kier alpha value is -2.62. The van der Waals surface area contributed by atoms with E-state index >= 15 is 0 Å². The molecule has 5 rings (SSSR count). The molecule has 0 unspecified atom stereocenters. The molecule has 0 saturated heterocycles. The quantitative estimate of drug-likeness (QED) is 0.514.